The second-order valence-corrected chi connectivity index (χ2v) is 5.35. The lowest BCUT2D eigenvalue weighted by molar-refractivity contribution is 0.248. The Balaban J connectivity index is 2.34. The third kappa shape index (κ3) is 2.34. The highest BCUT2D eigenvalue weighted by Gasteiger charge is 2.18. The van der Waals surface area contributed by atoms with Crippen LogP contribution in [-0.2, 0) is 0 Å². The van der Waals surface area contributed by atoms with Crippen molar-refractivity contribution in [1.29, 1.82) is 0 Å². The van der Waals surface area contributed by atoms with E-state index in [1.807, 2.05) is 24.5 Å². The molecule has 106 valence electrons. The number of rotatable bonds is 2. The Morgan fingerprint density at radius 1 is 1.38 bits per heavy atom. The molecule has 3 rings (SSSR count). The van der Waals surface area contributed by atoms with Crippen molar-refractivity contribution in [2.24, 2.45) is 5.73 Å². The molecular weight excluding hydrogens is 310 g/mol. The Kier molecular flexibility index (Phi) is 3.52. The normalized spacial score (nSPS) is 11.0. The summed E-state index contributed by atoms with van der Waals surface area (Å²) in [5.41, 5.74) is 6.96. The zero-order valence-corrected chi connectivity index (χ0v) is 12.5. The van der Waals surface area contributed by atoms with E-state index in [-0.39, 0.29) is 0 Å². The number of nitrogens with zero attached hydrogens (tertiary/aromatic N) is 4. The Morgan fingerprint density at radius 3 is 2.81 bits per heavy atom. The molecule has 0 aliphatic carbocycles. The van der Waals surface area contributed by atoms with Gasteiger partial charge in [0, 0.05) is 11.8 Å². The summed E-state index contributed by atoms with van der Waals surface area (Å²) in [6.45, 7) is 0. The summed E-state index contributed by atoms with van der Waals surface area (Å²) < 4.78 is 1.06. The summed E-state index contributed by atoms with van der Waals surface area (Å²) in [6, 6.07) is 6.53. The van der Waals surface area contributed by atoms with Gasteiger partial charge in [-0.3, -0.25) is 0 Å². The van der Waals surface area contributed by atoms with Crippen molar-refractivity contribution in [2.45, 2.75) is 5.16 Å². The monoisotopic (exact) mass is 319 g/mol. The van der Waals surface area contributed by atoms with E-state index in [1.165, 1.54) is 11.8 Å². The highest BCUT2D eigenvalue weighted by molar-refractivity contribution is 7.98. The zero-order chi connectivity index (χ0) is 15.0. The highest BCUT2D eigenvalue weighted by atomic mass is 35.5. The quantitative estimate of drug-likeness (QED) is 0.579. The van der Waals surface area contributed by atoms with Crippen LogP contribution in [0.1, 0.15) is 0 Å². The van der Waals surface area contributed by atoms with Gasteiger partial charge in [0.05, 0.1) is 10.4 Å². The number of halogens is 1. The predicted octanol–water partition coefficient (Wildman–Crippen LogP) is 2.80. The van der Waals surface area contributed by atoms with E-state index in [9.17, 15) is 4.79 Å². The fourth-order valence-corrected chi connectivity index (χ4v) is 2.55. The van der Waals surface area contributed by atoms with E-state index >= 15 is 0 Å². The van der Waals surface area contributed by atoms with Crippen LogP contribution in [0.15, 0.2) is 35.6 Å². The first-order valence-corrected chi connectivity index (χ1v) is 7.56. The molecule has 1 aromatic carbocycles. The number of amides is 1. The van der Waals surface area contributed by atoms with Crippen LogP contribution in [0, 0.1) is 0 Å². The van der Waals surface area contributed by atoms with Crippen molar-refractivity contribution in [3.05, 3.63) is 35.5 Å². The van der Waals surface area contributed by atoms with Crippen LogP contribution in [-0.4, -0.2) is 32.0 Å². The van der Waals surface area contributed by atoms with E-state index < -0.39 is 6.03 Å². The van der Waals surface area contributed by atoms with Crippen LogP contribution in [0.3, 0.4) is 0 Å². The Morgan fingerprint density at radius 2 is 2.14 bits per heavy atom. The molecule has 0 atom stereocenters. The molecule has 0 saturated carbocycles. The first-order chi connectivity index (χ1) is 10.1. The minimum atomic E-state index is -0.705. The molecule has 0 aliphatic rings. The molecule has 2 heterocycles. The lowest BCUT2D eigenvalue weighted by Crippen LogP contribution is -2.21. The van der Waals surface area contributed by atoms with E-state index in [0.29, 0.717) is 32.5 Å². The number of hydrogen-bond acceptors (Lipinski definition) is 5. The fraction of sp³-hybridized carbons (Fsp3) is 0.0769. The largest absolute Gasteiger partial charge is 0.350 e. The molecule has 0 saturated heterocycles. The summed E-state index contributed by atoms with van der Waals surface area (Å²) in [7, 11) is 0. The van der Waals surface area contributed by atoms with Gasteiger partial charge in [-0.15, -0.1) is 0 Å². The zero-order valence-electron chi connectivity index (χ0n) is 10.9. The van der Waals surface area contributed by atoms with Crippen molar-refractivity contribution < 1.29 is 4.79 Å². The van der Waals surface area contributed by atoms with Gasteiger partial charge in [-0.25, -0.2) is 14.8 Å². The maximum absolute atomic E-state index is 11.6. The van der Waals surface area contributed by atoms with Gasteiger partial charge < -0.3 is 5.73 Å². The van der Waals surface area contributed by atoms with Gasteiger partial charge >= 0.3 is 6.03 Å². The number of thioether (sulfide) groups is 1. The van der Waals surface area contributed by atoms with Gasteiger partial charge in [0.2, 0.25) is 0 Å². The van der Waals surface area contributed by atoms with Gasteiger partial charge in [-0.05, 0) is 12.3 Å². The fourth-order valence-electron chi connectivity index (χ4n) is 1.99. The molecule has 0 aliphatic heterocycles. The lowest BCUT2D eigenvalue weighted by atomic mass is 10.1. The smallest absolute Gasteiger partial charge is 0.341 e. The first kappa shape index (κ1) is 13.8. The van der Waals surface area contributed by atoms with Gasteiger partial charge in [-0.1, -0.05) is 41.6 Å². The molecule has 0 fully saturated rings. The van der Waals surface area contributed by atoms with Crippen molar-refractivity contribution in [3.63, 3.8) is 0 Å². The van der Waals surface area contributed by atoms with E-state index in [2.05, 4.69) is 15.1 Å². The van der Waals surface area contributed by atoms with Crippen LogP contribution < -0.4 is 5.73 Å². The molecule has 3 aromatic rings. The molecule has 2 N–H and O–H groups in total. The minimum Gasteiger partial charge on any atom is -0.350 e. The average Bonchev–Trinajstić information content (AvgIpc) is 2.86. The summed E-state index contributed by atoms with van der Waals surface area (Å²) in [5, 5.41) is 5.93. The van der Waals surface area contributed by atoms with Crippen LogP contribution in [0.4, 0.5) is 4.79 Å². The van der Waals surface area contributed by atoms with E-state index in [1.54, 1.807) is 12.3 Å². The van der Waals surface area contributed by atoms with Crippen molar-refractivity contribution in [1.82, 2.24) is 19.7 Å². The van der Waals surface area contributed by atoms with Crippen LogP contribution in [0.2, 0.25) is 5.02 Å². The third-order valence-corrected chi connectivity index (χ3v) is 3.81. The SMILES string of the molecule is CSc1ncc2c(-c3ccccc3Cl)nn(C(N)=O)c2n1. The van der Waals surface area contributed by atoms with Crippen molar-refractivity contribution in [3.8, 4) is 11.3 Å². The highest BCUT2D eigenvalue weighted by Crippen LogP contribution is 2.32. The van der Waals surface area contributed by atoms with Crippen LogP contribution in [0.5, 0.6) is 0 Å². The van der Waals surface area contributed by atoms with Gasteiger partial charge in [0.1, 0.15) is 5.69 Å². The summed E-state index contributed by atoms with van der Waals surface area (Å²) in [6.07, 6.45) is 3.47. The molecular formula is C13H10ClN5OS. The summed E-state index contributed by atoms with van der Waals surface area (Å²) in [5.74, 6) is 0. The Labute approximate surface area is 129 Å². The van der Waals surface area contributed by atoms with Gasteiger partial charge in [0.15, 0.2) is 10.8 Å². The van der Waals surface area contributed by atoms with Crippen LogP contribution >= 0.6 is 23.4 Å². The second kappa shape index (κ2) is 5.34. The minimum absolute atomic E-state index is 0.372. The maximum atomic E-state index is 11.6. The molecule has 0 spiro atoms. The average molecular weight is 320 g/mol. The number of nitrogens with two attached hydrogens (primary N) is 1. The van der Waals surface area contributed by atoms with E-state index in [0.717, 1.165) is 4.68 Å². The summed E-state index contributed by atoms with van der Waals surface area (Å²) >= 11 is 7.57. The predicted molar refractivity (Wildman–Crippen MR) is 82.5 cm³/mol. The lowest BCUT2D eigenvalue weighted by Gasteiger charge is -2.00. The Hall–Kier alpha value is -2.12. The van der Waals surface area contributed by atoms with Crippen molar-refractivity contribution in [2.75, 3.05) is 6.26 Å². The number of primary amides is 1. The number of benzene rings is 1. The van der Waals surface area contributed by atoms with Gasteiger partial charge in [-0.2, -0.15) is 9.78 Å². The third-order valence-electron chi connectivity index (χ3n) is 2.92. The number of fused-ring (bicyclic) bond motifs is 1. The standard InChI is InChI=1S/C13H10ClN5OS/c1-21-13-16-6-8-10(7-4-2-3-5-9(7)14)18-19(12(15)20)11(8)17-13/h2-6H,1H3,(H2,15,20). The number of carbonyl (C=O) groups excluding carboxylic acids is 1. The molecule has 8 heteroatoms. The first-order valence-electron chi connectivity index (χ1n) is 5.96. The number of carbonyl (C=O) groups is 1. The second-order valence-electron chi connectivity index (χ2n) is 4.17. The number of hydrogen-bond donors (Lipinski definition) is 1. The summed E-state index contributed by atoms with van der Waals surface area (Å²) in [4.78, 5) is 20.1. The van der Waals surface area contributed by atoms with Crippen molar-refractivity contribution >= 4 is 40.4 Å². The Bertz CT molecular complexity index is 848. The number of aromatic nitrogens is 4. The van der Waals surface area contributed by atoms with Crippen LogP contribution in [0.25, 0.3) is 22.3 Å². The molecule has 1 amide bonds. The molecule has 0 unspecified atom stereocenters. The topological polar surface area (TPSA) is 86.7 Å². The maximum Gasteiger partial charge on any atom is 0.341 e. The molecule has 21 heavy (non-hydrogen) atoms. The molecule has 0 bridgehead atoms. The molecule has 0 radical (unpaired) electrons. The molecule has 6 nitrogen and oxygen atoms in total. The molecule has 2 aromatic heterocycles. The van der Waals surface area contributed by atoms with E-state index in [4.69, 9.17) is 17.3 Å². The van der Waals surface area contributed by atoms with Gasteiger partial charge in [0.25, 0.3) is 0 Å².